The Balaban J connectivity index is 1.99. The van der Waals surface area contributed by atoms with Crippen LogP contribution in [0.15, 0.2) is 41.3 Å². The molecule has 0 unspecified atom stereocenters. The SMILES string of the molecule is C=CN1CCCc2c(NC(=O)CCC)c(N=Nc3ncc(NCC(=O)OC)cc3C)cc(OC)c21. The van der Waals surface area contributed by atoms with Crippen LogP contribution in [-0.2, 0) is 20.7 Å². The molecule has 0 bridgehead atoms. The standard InChI is InChI=1S/C25H32N6O4/c1-6-9-21(32)28-23-18-10-8-11-31(7-2)24(18)20(34-4)13-19(23)29-30-25-16(3)12-17(14-27-25)26-15-22(33)35-5/h7,12-14,26H,2,6,8-11,15H2,1,3-5H3,(H,28,32). The van der Waals surface area contributed by atoms with Gasteiger partial charge in [-0.1, -0.05) is 13.5 Å². The smallest absolute Gasteiger partial charge is 0.325 e. The Morgan fingerprint density at radius 3 is 2.74 bits per heavy atom. The Hall–Kier alpha value is -3.95. The predicted molar refractivity (Wildman–Crippen MR) is 136 cm³/mol. The summed E-state index contributed by atoms with van der Waals surface area (Å²) in [5, 5.41) is 14.8. The third-order valence-corrected chi connectivity index (χ3v) is 5.61. The van der Waals surface area contributed by atoms with E-state index in [1.54, 1.807) is 25.6 Å². The van der Waals surface area contributed by atoms with Gasteiger partial charge in [0, 0.05) is 24.6 Å². The molecule has 186 valence electrons. The van der Waals surface area contributed by atoms with E-state index in [-0.39, 0.29) is 18.4 Å². The van der Waals surface area contributed by atoms with Crippen LogP contribution in [-0.4, -0.2) is 44.2 Å². The fraction of sp³-hybridized carbons (Fsp3) is 0.400. The maximum Gasteiger partial charge on any atom is 0.325 e. The summed E-state index contributed by atoms with van der Waals surface area (Å²) in [6.45, 7) is 8.59. The quantitative estimate of drug-likeness (QED) is 0.362. The van der Waals surface area contributed by atoms with Gasteiger partial charge in [-0.05, 0) is 44.0 Å². The van der Waals surface area contributed by atoms with Crippen LogP contribution in [0.5, 0.6) is 5.75 Å². The van der Waals surface area contributed by atoms with E-state index in [2.05, 4.69) is 37.2 Å². The number of nitrogens with one attached hydrogen (secondary N) is 2. The van der Waals surface area contributed by atoms with E-state index in [1.165, 1.54) is 7.11 Å². The zero-order valence-electron chi connectivity index (χ0n) is 20.7. The first-order chi connectivity index (χ1) is 16.9. The average molecular weight is 481 g/mol. The summed E-state index contributed by atoms with van der Waals surface area (Å²) >= 11 is 0. The van der Waals surface area contributed by atoms with Crippen molar-refractivity contribution >= 4 is 40.4 Å². The number of esters is 1. The fourth-order valence-electron chi connectivity index (χ4n) is 3.88. The first-order valence-electron chi connectivity index (χ1n) is 11.5. The number of benzene rings is 1. The Bertz CT molecular complexity index is 1130. The van der Waals surface area contributed by atoms with Gasteiger partial charge in [-0.15, -0.1) is 10.2 Å². The van der Waals surface area contributed by atoms with Crippen molar-refractivity contribution in [3.63, 3.8) is 0 Å². The first-order valence-corrected chi connectivity index (χ1v) is 11.5. The van der Waals surface area contributed by atoms with E-state index in [0.717, 1.165) is 42.6 Å². The molecule has 3 rings (SSSR count). The number of fused-ring (bicyclic) bond motifs is 1. The molecule has 1 aromatic carbocycles. The van der Waals surface area contributed by atoms with E-state index in [9.17, 15) is 9.59 Å². The average Bonchev–Trinajstić information content (AvgIpc) is 2.87. The number of methoxy groups -OCH3 is 2. The number of aryl methyl sites for hydroxylation is 1. The summed E-state index contributed by atoms with van der Waals surface area (Å²) in [7, 11) is 2.94. The van der Waals surface area contributed by atoms with Gasteiger partial charge in [-0.3, -0.25) is 9.59 Å². The van der Waals surface area contributed by atoms with E-state index in [0.29, 0.717) is 35.1 Å². The summed E-state index contributed by atoms with van der Waals surface area (Å²) in [6, 6.07) is 3.59. The Morgan fingerprint density at radius 1 is 1.29 bits per heavy atom. The lowest BCUT2D eigenvalue weighted by Crippen LogP contribution is -2.25. The van der Waals surface area contributed by atoms with E-state index >= 15 is 0 Å². The van der Waals surface area contributed by atoms with E-state index in [1.807, 2.05) is 24.8 Å². The molecule has 10 nitrogen and oxygen atoms in total. The lowest BCUT2D eigenvalue weighted by Gasteiger charge is -2.31. The van der Waals surface area contributed by atoms with Crippen molar-refractivity contribution in [3.05, 3.63) is 42.2 Å². The van der Waals surface area contributed by atoms with Crippen molar-refractivity contribution in [2.24, 2.45) is 10.2 Å². The molecule has 10 heteroatoms. The molecule has 2 aromatic rings. The topological polar surface area (TPSA) is 118 Å². The molecule has 1 aromatic heterocycles. The van der Waals surface area contributed by atoms with Crippen molar-refractivity contribution in [3.8, 4) is 5.75 Å². The second-order valence-corrected chi connectivity index (χ2v) is 8.07. The highest BCUT2D eigenvalue weighted by atomic mass is 16.5. The lowest BCUT2D eigenvalue weighted by molar-refractivity contribution is -0.138. The largest absolute Gasteiger partial charge is 0.494 e. The molecule has 0 spiro atoms. The minimum Gasteiger partial charge on any atom is -0.494 e. The zero-order chi connectivity index (χ0) is 25.4. The van der Waals surface area contributed by atoms with E-state index in [4.69, 9.17) is 4.74 Å². The van der Waals surface area contributed by atoms with Gasteiger partial charge in [0.15, 0.2) is 5.82 Å². The second-order valence-electron chi connectivity index (χ2n) is 8.07. The summed E-state index contributed by atoms with van der Waals surface area (Å²) in [6.07, 6.45) is 6.15. The molecule has 35 heavy (non-hydrogen) atoms. The van der Waals surface area contributed by atoms with Gasteiger partial charge in [0.1, 0.15) is 18.0 Å². The van der Waals surface area contributed by atoms with Crippen LogP contribution in [0.1, 0.15) is 37.3 Å². The molecule has 0 saturated carbocycles. The lowest BCUT2D eigenvalue weighted by atomic mass is 9.97. The molecule has 0 aliphatic carbocycles. The van der Waals surface area contributed by atoms with Gasteiger partial charge < -0.3 is 25.0 Å². The molecular weight excluding hydrogens is 448 g/mol. The molecule has 1 aliphatic heterocycles. The van der Waals surface area contributed by atoms with Crippen molar-refractivity contribution in [1.82, 2.24) is 4.98 Å². The van der Waals surface area contributed by atoms with Crippen LogP contribution in [0, 0.1) is 6.92 Å². The Morgan fingerprint density at radius 2 is 2.09 bits per heavy atom. The van der Waals surface area contributed by atoms with Crippen LogP contribution in [0.4, 0.5) is 28.6 Å². The Labute approximate surface area is 205 Å². The number of hydrogen-bond donors (Lipinski definition) is 2. The van der Waals surface area contributed by atoms with Gasteiger partial charge in [0.05, 0.1) is 37.5 Å². The number of nitrogens with zero attached hydrogens (tertiary/aromatic N) is 4. The Kier molecular flexibility index (Phi) is 8.77. The van der Waals surface area contributed by atoms with Gasteiger partial charge >= 0.3 is 5.97 Å². The van der Waals surface area contributed by atoms with Crippen molar-refractivity contribution < 1.29 is 19.1 Å². The minimum absolute atomic E-state index is 0.0376. The highest BCUT2D eigenvalue weighted by Gasteiger charge is 2.26. The molecule has 1 aliphatic rings. The molecule has 2 heterocycles. The first kappa shape index (κ1) is 25.7. The third kappa shape index (κ3) is 6.14. The maximum atomic E-state index is 12.6. The van der Waals surface area contributed by atoms with Crippen LogP contribution >= 0.6 is 0 Å². The third-order valence-electron chi connectivity index (χ3n) is 5.61. The van der Waals surface area contributed by atoms with Gasteiger partial charge in [0.2, 0.25) is 5.91 Å². The highest BCUT2D eigenvalue weighted by Crippen LogP contribution is 2.46. The van der Waals surface area contributed by atoms with Crippen molar-refractivity contribution in [2.45, 2.75) is 39.5 Å². The fourth-order valence-corrected chi connectivity index (χ4v) is 3.88. The normalized spacial score (nSPS) is 12.7. The zero-order valence-corrected chi connectivity index (χ0v) is 20.7. The number of hydrogen-bond acceptors (Lipinski definition) is 9. The van der Waals surface area contributed by atoms with Gasteiger partial charge in [-0.2, -0.15) is 0 Å². The predicted octanol–water partition coefficient (Wildman–Crippen LogP) is 5.03. The highest BCUT2D eigenvalue weighted by molar-refractivity contribution is 5.97. The van der Waals surface area contributed by atoms with Gasteiger partial charge in [0.25, 0.3) is 0 Å². The summed E-state index contributed by atoms with van der Waals surface area (Å²) in [4.78, 5) is 30.3. The number of aromatic nitrogens is 1. The summed E-state index contributed by atoms with van der Waals surface area (Å²) in [5.41, 5.74) is 4.38. The monoisotopic (exact) mass is 480 g/mol. The van der Waals surface area contributed by atoms with Crippen LogP contribution < -0.4 is 20.3 Å². The number of pyridine rings is 1. The number of azo groups is 1. The maximum absolute atomic E-state index is 12.6. The molecule has 0 atom stereocenters. The van der Waals surface area contributed by atoms with Crippen LogP contribution in [0.2, 0.25) is 0 Å². The molecule has 2 N–H and O–H groups in total. The summed E-state index contributed by atoms with van der Waals surface area (Å²) in [5.74, 6) is 0.598. The molecular formula is C25H32N6O4. The van der Waals surface area contributed by atoms with Gasteiger partial charge in [-0.25, -0.2) is 4.98 Å². The van der Waals surface area contributed by atoms with Crippen molar-refractivity contribution in [2.75, 3.05) is 42.8 Å². The number of amides is 1. The number of carbonyl (C=O) groups is 2. The second kappa shape index (κ2) is 12.0. The minimum atomic E-state index is -0.375. The molecule has 1 amide bonds. The molecule has 0 radical (unpaired) electrons. The number of ether oxygens (including phenoxy) is 2. The molecule has 0 saturated heterocycles. The van der Waals surface area contributed by atoms with E-state index < -0.39 is 0 Å². The van der Waals surface area contributed by atoms with Crippen LogP contribution in [0.3, 0.4) is 0 Å². The number of rotatable bonds is 10. The van der Waals surface area contributed by atoms with Crippen LogP contribution in [0.25, 0.3) is 0 Å². The number of carbonyl (C=O) groups excluding carboxylic acids is 2. The molecule has 0 fully saturated rings. The van der Waals surface area contributed by atoms with Crippen molar-refractivity contribution in [1.29, 1.82) is 0 Å². The number of anilines is 3. The summed E-state index contributed by atoms with van der Waals surface area (Å²) < 4.78 is 10.3.